The molecular weight excluding hydrogens is 240 g/mol. The quantitative estimate of drug-likeness (QED) is 0.907. The van der Waals surface area contributed by atoms with E-state index in [-0.39, 0.29) is 0 Å². The van der Waals surface area contributed by atoms with Gasteiger partial charge in [-0.05, 0) is 44.0 Å². The van der Waals surface area contributed by atoms with Gasteiger partial charge in [0.2, 0.25) is 0 Å². The molecular formula is C15H22N2O2. The second-order valence-electron chi connectivity index (χ2n) is 5.10. The molecule has 1 aliphatic heterocycles. The third-order valence-corrected chi connectivity index (χ3v) is 3.61. The van der Waals surface area contributed by atoms with Crippen molar-refractivity contribution >= 4 is 6.09 Å². The third-order valence-electron chi connectivity index (χ3n) is 3.61. The lowest BCUT2D eigenvalue weighted by Crippen LogP contribution is -2.35. The smallest absolute Gasteiger partial charge is 0.409 e. The molecule has 2 N–H and O–H groups in total. The van der Waals surface area contributed by atoms with Crippen LogP contribution in [0.25, 0.3) is 0 Å². The number of amides is 1. The van der Waals surface area contributed by atoms with Gasteiger partial charge in [0, 0.05) is 12.5 Å². The van der Waals surface area contributed by atoms with Gasteiger partial charge in [-0.15, -0.1) is 0 Å². The Balaban J connectivity index is 2.14. The lowest BCUT2D eigenvalue weighted by molar-refractivity contribution is 0.200. The third kappa shape index (κ3) is 3.70. The van der Waals surface area contributed by atoms with E-state index in [1.807, 2.05) is 24.3 Å². The van der Waals surface area contributed by atoms with Gasteiger partial charge in [-0.3, -0.25) is 0 Å². The summed E-state index contributed by atoms with van der Waals surface area (Å²) in [6.07, 6.45) is 2.76. The maximum atomic E-state index is 11.0. The van der Waals surface area contributed by atoms with E-state index in [9.17, 15) is 4.79 Å². The summed E-state index contributed by atoms with van der Waals surface area (Å²) >= 11 is 0. The monoisotopic (exact) mass is 262 g/mol. The van der Waals surface area contributed by atoms with Crippen molar-refractivity contribution in [2.24, 2.45) is 5.73 Å². The van der Waals surface area contributed by atoms with E-state index >= 15 is 0 Å². The van der Waals surface area contributed by atoms with Crippen LogP contribution in [0.5, 0.6) is 5.75 Å². The van der Waals surface area contributed by atoms with Crippen molar-refractivity contribution in [1.82, 2.24) is 4.90 Å². The van der Waals surface area contributed by atoms with E-state index in [1.165, 1.54) is 19.4 Å². The van der Waals surface area contributed by atoms with Gasteiger partial charge >= 0.3 is 6.09 Å². The van der Waals surface area contributed by atoms with E-state index in [0.29, 0.717) is 11.7 Å². The molecule has 1 fully saturated rings. The van der Waals surface area contributed by atoms with Crippen molar-refractivity contribution in [3.05, 3.63) is 29.8 Å². The average Bonchev–Trinajstić information content (AvgIpc) is 2.39. The topological polar surface area (TPSA) is 55.6 Å². The van der Waals surface area contributed by atoms with Crippen LogP contribution in [0.3, 0.4) is 0 Å². The van der Waals surface area contributed by atoms with Crippen molar-refractivity contribution < 1.29 is 9.53 Å². The minimum Gasteiger partial charge on any atom is -0.410 e. The number of para-hydroxylation sites is 1. The first-order valence-electron chi connectivity index (χ1n) is 6.99. The van der Waals surface area contributed by atoms with Gasteiger partial charge in [0.15, 0.2) is 0 Å². The van der Waals surface area contributed by atoms with Gasteiger partial charge in [-0.2, -0.15) is 0 Å². The lowest BCUT2D eigenvalue weighted by Gasteiger charge is -2.33. The van der Waals surface area contributed by atoms with Crippen molar-refractivity contribution in [3.8, 4) is 5.75 Å². The van der Waals surface area contributed by atoms with Crippen molar-refractivity contribution in [2.75, 3.05) is 19.6 Å². The molecule has 19 heavy (non-hydrogen) atoms. The van der Waals surface area contributed by atoms with Crippen LogP contribution in [-0.2, 0) is 0 Å². The van der Waals surface area contributed by atoms with E-state index < -0.39 is 6.09 Å². The number of carbonyl (C=O) groups is 1. The van der Waals surface area contributed by atoms with Crippen LogP contribution in [0.4, 0.5) is 4.79 Å². The van der Waals surface area contributed by atoms with Gasteiger partial charge < -0.3 is 15.4 Å². The maximum Gasteiger partial charge on any atom is 0.409 e. The first kappa shape index (κ1) is 13.9. The minimum atomic E-state index is -0.742. The first-order valence-corrected chi connectivity index (χ1v) is 6.99. The Labute approximate surface area is 114 Å². The fraction of sp³-hybridized carbons (Fsp3) is 0.533. The van der Waals surface area contributed by atoms with Crippen LogP contribution >= 0.6 is 0 Å². The predicted molar refractivity (Wildman–Crippen MR) is 75.4 cm³/mol. The molecule has 0 aliphatic carbocycles. The number of ether oxygens (including phenoxy) is 1. The van der Waals surface area contributed by atoms with Crippen LogP contribution in [0.1, 0.15) is 37.7 Å². The SMILES string of the molecule is CCCN1CCCC(c2ccccc2OC(N)=O)C1. The number of hydrogen-bond acceptors (Lipinski definition) is 3. The summed E-state index contributed by atoms with van der Waals surface area (Å²) in [6.45, 7) is 5.54. The Morgan fingerprint density at radius 3 is 3.00 bits per heavy atom. The largest absolute Gasteiger partial charge is 0.410 e. The highest BCUT2D eigenvalue weighted by Crippen LogP contribution is 2.33. The van der Waals surface area contributed by atoms with E-state index in [2.05, 4.69) is 11.8 Å². The second kappa shape index (κ2) is 6.57. The van der Waals surface area contributed by atoms with Crippen LogP contribution < -0.4 is 10.5 Å². The molecule has 0 bridgehead atoms. The summed E-state index contributed by atoms with van der Waals surface area (Å²) < 4.78 is 5.11. The van der Waals surface area contributed by atoms with E-state index in [4.69, 9.17) is 10.5 Å². The molecule has 0 spiro atoms. The number of carbonyl (C=O) groups excluding carboxylic acids is 1. The van der Waals surface area contributed by atoms with Gasteiger partial charge in [-0.1, -0.05) is 25.1 Å². The lowest BCUT2D eigenvalue weighted by atomic mass is 9.90. The van der Waals surface area contributed by atoms with Crippen LogP contribution in [0.15, 0.2) is 24.3 Å². The Morgan fingerprint density at radius 1 is 1.47 bits per heavy atom. The van der Waals surface area contributed by atoms with Gasteiger partial charge in [0.25, 0.3) is 0 Å². The van der Waals surface area contributed by atoms with Crippen LogP contribution in [-0.4, -0.2) is 30.6 Å². The summed E-state index contributed by atoms with van der Waals surface area (Å²) in [4.78, 5) is 13.4. The summed E-state index contributed by atoms with van der Waals surface area (Å²) in [5.74, 6) is 1.04. The Hall–Kier alpha value is -1.55. The molecule has 1 unspecified atom stereocenters. The fourth-order valence-electron chi connectivity index (χ4n) is 2.85. The minimum absolute atomic E-state index is 0.427. The highest BCUT2D eigenvalue weighted by molar-refractivity contribution is 5.68. The molecule has 0 radical (unpaired) electrons. The van der Waals surface area contributed by atoms with Crippen molar-refractivity contribution in [1.29, 1.82) is 0 Å². The zero-order valence-corrected chi connectivity index (χ0v) is 11.5. The fourth-order valence-corrected chi connectivity index (χ4v) is 2.85. The number of nitrogens with zero attached hydrogens (tertiary/aromatic N) is 1. The summed E-state index contributed by atoms with van der Waals surface area (Å²) in [7, 11) is 0. The summed E-state index contributed by atoms with van der Waals surface area (Å²) in [5.41, 5.74) is 6.23. The van der Waals surface area contributed by atoms with Gasteiger partial charge in [0.1, 0.15) is 5.75 Å². The number of hydrogen-bond donors (Lipinski definition) is 1. The van der Waals surface area contributed by atoms with E-state index in [0.717, 1.165) is 25.1 Å². The average molecular weight is 262 g/mol. The normalized spacial score (nSPS) is 20.2. The second-order valence-corrected chi connectivity index (χ2v) is 5.10. The van der Waals surface area contributed by atoms with Crippen molar-refractivity contribution in [3.63, 3.8) is 0 Å². The van der Waals surface area contributed by atoms with Gasteiger partial charge in [0.05, 0.1) is 0 Å². The highest BCUT2D eigenvalue weighted by atomic mass is 16.5. The Bertz CT molecular complexity index is 432. The molecule has 1 amide bonds. The molecule has 0 aromatic heterocycles. The van der Waals surface area contributed by atoms with Crippen molar-refractivity contribution in [2.45, 2.75) is 32.1 Å². The molecule has 1 heterocycles. The number of rotatable bonds is 4. The number of benzene rings is 1. The highest BCUT2D eigenvalue weighted by Gasteiger charge is 2.23. The Morgan fingerprint density at radius 2 is 2.26 bits per heavy atom. The molecule has 104 valence electrons. The zero-order chi connectivity index (χ0) is 13.7. The molecule has 1 saturated heterocycles. The number of piperidine rings is 1. The molecule has 2 rings (SSSR count). The predicted octanol–water partition coefficient (Wildman–Crippen LogP) is 2.73. The summed E-state index contributed by atoms with van der Waals surface area (Å²) in [5, 5.41) is 0. The molecule has 4 nitrogen and oxygen atoms in total. The molecule has 1 aliphatic rings. The van der Waals surface area contributed by atoms with Gasteiger partial charge in [-0.25, -0.2) is 4.79 Å². The van der Waals surface area contributed by atoms with E-state index in [1.54, 1.807) is 0 Å². The molecule has 0 saturated carbocycles. The van der Waals surface area contributed by atoms with Crippen LogP contribution in [0.2, 0.25) is 0 Å². The van der Waals surface area contributed by atoms with Crippen LogP contribution in [0, 0.1) is 0 Å². The number of likely N-dealkylation sites (tertiary alicyclic amines) is 1. The Kier molecular flexibility index (Phi) is 4.80. The molecule has 1 aromatic rings. The first-order chi connectivity index (χ1) is 9.20. The maximum absolute atomic E-state index is 11.0. The standard InChI is InChI=1S/C15H22N2O2/c1-2-9-17-10-5-6-12(11-17)13-7-3-4-8-14(13)19-15(16)18/h3-4,7-8,12H,2,5-6,9-11H2,1H3,(H2,16,18). The molecule has 1 aromatic carbocycles. The number of primary amides is 1. The molecule has 1 atom stereocenters. The molecule has 4 heteroatoms. The number of nitrogens with two attached hydrogens (primary N) is 1. The zero-order valence-electron chi connectivity index (χ0n) is 11.5. The summed E-state index contributed by atoms with van der Waals surface area (Å²) in [6, 6.07) is 7.72.